The Labute approximate surface area is 142 Å². The standard InChI is InChI=1S/C19H23FN2O2/c1-3-12-22(13-15-8-4-5-9-16(15)20)14-19(23)21-17-10-6-7-11-18(17)24-2/h4-11H,3,12-14H2,1-2H3,(H,21,23). The van der Waals surface area contributed by atoms with Crippen LogP contribution in [-0.4, -0.2) is 31.0 Å². The maximum atomic E-state index is 13.8. The van der Waals surface area contributed by atoms with Gasteiger partial charge in [0.15, 0.2) is 0 Å². The summed E-state index contributed by atoms with van der Waals surface area (Å²) in [5, 5.41) is 2.85. The first-order chi connectivity index (χ1) is 11.6. The fourth-order valence-electron chi connectivity index (χ4n) is 2.54. The van der Waals surface area contributed by atoms with Crippen LogP contribution in [0.4, 0.5) is 10.1 Å². The molecule has 0 aliphatic heterocycles. The molecular formula is C19H23FN2O2. The lowest BCUT2D eigenvalue weighted by Gasteiger charge is -2.21. The molecule has 0 heterocycles. The van der Waals surface area contributed by atoms with Crippen LogP contribution >= 0.6 is 0 Å². The number of benzene rings is 2. The van der Waals surface area contributed by atoms with Crippen molar-refractivity contribution in [1.29, 1.82) is 0 Å². The molecule has 24 heavy (non-hydrogen) atoms. The molecule has 0 atom stereocenters. The van der Waals surface area contributed by atoms with Gasteiger partial charge in [0, 0.05) is 12.1 Å². The van der Waals surface area contributed by atoms with Crippen LogP contribution in [0, 0.1) is 5.82 Å². The summed E-state index contributed by atoms with van der Waals surface area (Å²) in [6, 6.07) is 13.9. The van der Waals surface area contributed by atoms with Crippen LogP contribution < -0.4 is 10.1 Å². The molecule has 0 saturated carbocycles. The van der Waals surface area contributed by atoms with Gasteiger partial charge in [-0.1, -0.05) is 37.3 Å². The number of carbonyl (C=O) groups excluding carboxylic acids is 1. The van der Waals surface area contributed by atoms with Crippen molar-refractivity contribution in [1.82, 2.24) is 4.90 Å². The van der Waals surface area contributed by atoms with Crippen molar-refractivity contribution in [3.05, 3.63) is 59.9 Å². The molecule has 5 heteroatoms. The molecule has 0 saturated heterocycles. The first-order valence-corrected chi connectivity index (χ1v) is 8.02. The van der Waals surface area contributed by atoms with E-state index in [0.29, 0.717) is 30.1 Å². The Kier molecular flexibility index (Phi) is 6.75. The van der Waals surface area contributed by atoms with Crippen LogP contribution in [0.3, 0.4) is 0 Å². The van der Waals surface area contributed by atoms with E-state index in [2.05, 4.69) is 5.32 Å². The summed E-state index contributed by atoms with van der Waals surface area (Å²) in [6.45, 7) is 3.35. The number of nitrogens with zero attached hydrogens (tertiary/aromatic N) is 1. The number of hydrogen-bond donors (Lipinski definition) is 1. The van der Waals surface area contributed by atoms with Gasteiger partial charge in [-0.25, -0.2) is 4.39 Å². The van der Waals surface area contributed by atoms with Crippen LogP contribution in [0.15, 0.2) is 48.5 Å². The van der Waals surface area contributed by atoms with Crippen molar-refractivity contribution in [3.63, 3.8) is 0 Å². The average Bonchev–Trinajstić information content (AvgIpc) is 2.57. The first-order valence-electron chi connectivity index (χ1n) is 8.02. The van der Waals surface area contributed by atoms with Crippen molar-refractivity contribution in [2.24, 2.45) is 0 Å². The lowest BCUT2D eigenvalue weighted by molar-refractivity contribution is -0.117. The van der Waals surface area contributed by atoms with E-state index >= 15 is 0 Å². The third kappa shape index (κ3) is 5.06. The zero-order valence-corrected chi connectivity index (χ0v) is 14.1. The summed E-state index contributed by atoms with van der Waals surface area (Å²) in [5.41, 5.74) is 1.23. The SMILES string of the molecule is CCCN(CC(=O)Nc1ccccc1OC)Cc1ccccc1F. The number of halogens is 1. The number of methoxy groups -OCH3 is 1. The number of carbonyl (C=O) groups is 1. The van der Waals surface area contributed by atoms with Gasteiger partial charge in [-0.15, -0.1) is 0 Å². The first kappa shape index (κ1) is 17.9. The molecule has 2 aromatic rings. The Hall–Kier alpha value is -2.40. The van der Waals surface area contributed by atoms with E-state index < -0.39 is 0 Å². The number of ether oxygens (including phenoxy) is 1. The predicted molar refractivity (Wildman–Crippen MR) is 93.6 cm³/mol. The predicted octanol–water partition coefficient (Wildman–Crippen LogP) is 3.69. The Morgan fingerprint density at radius 3 is 2.58 bits per heavy atom. The molecule has 0 unspecified atom stereocenters. The van der Waals surface area contributed by atoms with Crippen molar-refractivity contribution in [3.8, 4) is 5.75 Å². The summed E-state index contributed by atoms with van der Waals surface area (Å²) < 4.78 is 19.1. The van der Waals surface area contributed by atoms with E-state index in [1.165, 1.54) is 6.07 Å². The molecule has 0 aliphatic carbocycles. The smallest absolute Gasteiger partial charge is 0.238 e. The van der Waals surface area contributed by atoms with Gasteiger partial charge in [-0.05, 0) is 31.2 Å². The highest BCUT2D eigenvalue weighted by molar-refractivity contribution is 5.93. The molecule has 4 nitrogen and oxygen atoms in total. The maximum absolute atomic E-state index is 13.8. The highest BCUT2D eigenvalue weighted by Gasteiger charge is 2.14. The van der Waals surface area contributed by atoms with Gasteiger partial charge < -0.3 is 10.1 Å². The second-order valence-electron chi connectivity index (χ2n) is 5.55. The van der Waals surface area contributed by atoms with Gasteiger partial charge in [0.1, 0.15) is 11.6 Å². The number of rotatable bonds is 8. The Balaban J connectivity index is 2.01. The Bertz CT molecular complexity index is 676. The summed E-state index contributed by atoms with van der Waals surface area (Å²) in [6.07, 6.45) is 0.885. The van der Waals surface area contributed by atoms with Gasteiger partial charge >= 0.3 is 0 Å². The number of amides is 1. The van der Waals surface area contributed by atoms with Crippen molar-refractivity contribution < 1.29 is 13.9 Å². The van der Waals surface area contributed by atoms with E-state index in [1.807, 2.05) is 24.0 Å². The highest BCUT2D eigenvalue weighted by Crippen LogP contribution is 2.23. The molecule has 0 spiro atoms. The second-order valence-corrected chi connectivity index (χ2v) is 5.55. The van der Waals surface area contributed by atoms with E-state index in [9.17, 15) is 9.18 Å². The summed E-state index contributed by atoms with van der Waals surface area (Å²) in [4.78, 5) is 14.3. The third-order valence-electron chi connectivity index (χ3n) is 3.64. The van der Waals surface area contributed by atoms with Crippen molar-refractivity contribution >= 4 is 11.6 Å². The largest absolute Gasteiger partial charge is 0.495 e. The zero-order chi connectivity index (χ0) is 17.4. The molecule has 0 aromatic heterocycles. The van der Waals surface area contributed by atoms with Crippen molar-refractivity contribution in [2.45, 2.75) is 19.9 Å². The van der Waals surface area contributed by atoms with Crippen LogP contribution in [0.25, 0.3) is 0 Å². The fourth-order valence-corrected chi connectivity index (χ4v) is 2.54. The maximum Gasteiger partial charge on any atom is 0.238 e. The molecule has 2 rings (SSSR count). The molecular weight excluding hydrogens is 307 g/mol. The van der Waals surface area contributed by atoms with Crippen LogP contribution in [0.5, 0.6) is 5.75 Å². The second kappa shape index (κ2) is 9.03. The van der Waals surface area contributed by atoms with Gasteiger partial charge in [-0.2, -0.15) is 0 Å². The number of hydrogen-bond acceptors (Lipinski definition) is 3. The van der Waals surface area contributed by atoms with Crippen LogP contribution in [0.2, 0.25) is 0 Å². The number of para-hydroxylation sites is 2. The minimum Gasteiger partial charge on any atom is -0.495 e. The van der Waals surface area contributed by atoms with Crippen LogP contribution in [-0.2, 0) is 11.3 Å². The molecule has 2 aromatic carbocycles. The number of anilines is 1. The minimum atomic E-state index is -0.247. The van der Waals surface area contributed by atoms with Crippen LogP contribution in [0.1, 0.15) is 18.9 Å². The molecule has 128 valence electrons. The van der Waals surface area contributed by atoms with Gasteiger partial charge in [0.2, 0.25) is 5.91 Å². The summed E-state index contributed by atoms with van der Waals surface area (Å²) in [5.74, 6) is 0.218. The Morgan fingerprint density at radius 1 is 1.17 bits per heavy atom. The van der Waals surface area contributed by atoms with Gasteiger partial charge in [0.25, 0.3) is 0 Å². The lowest BCUT2D eigenvalue weighted by atomic mass is 10.2. The normalized spacial score (nSPS) is 10.7. The molecule has 1 amide bonds. The molecule has 0 aliphatic rings. The average molecular weight is 330 g/mol. The Morgan fingerprint density at radius 2 is 1.88 bits per heavy atom. The molecule has 0 bridgehead atoms. The van der Waals surface area contributed by atoms with E-state index in [-0.39, 0.29) is 18.3 Å². The van der Waals surface area contributed by atoms with Gasteiger partial charge in [-0.3, -0.25) is 9.69 Å². The summed E-state index contributed by atoms with van der Waals surface area (Å²) >= 11 is 0. The molecule has 1 N–H and O–H groups in total. The highest BCUT2D eigenvalue weighted by atomic mass is 19.1. The fraction of sp³-hybridized carbons (Fsp3) is 0.316. The molecule has 0 fully saturated rings. The van der Waals surface area contributed by atoms with E-state index in [1.54, 1.807) is 37.4 Å². The van der Waals surface area contributed by atoms with E-state index in [0.717, 1.165) is 6.42 Å². The molecule has 0 radical (unpaired) electrons. The third-order valence-corrected chi connectivity index (χ3v) is 3.64. The minimum absolute atomic E-state index is 0.149. The summed E-state index contributed by atoms with van der Waals surface area (Å²) in [7, 11) is 1.56. The van der Waals surface area contributed by atoms with Crippen molar-refractivity contribution in [2.75, 3.05) is 25.5 Å². The van der Waals surface area contributed by atoms with Gasteiger partial charge in [0.05, 0.1) is 19.3 Å². The quantitative estimate of drug-likeness (QED) is 0.803. The number of nitrogens with one attached hydrogen (secondary N) is 1. The van der Waals surface area contributed by atoms with E-state index in [4.69, 9.17) is 4.74 Å². The topological polar surface area (TPSA) is 41.6 Å². The monoisotopic (exact) mass is 330 g/mol. The lowest BCUT2D eigenvalue weighted by Crippen LogP contribution is -2.33. The zero-order valence-electron chi connectivity index (χ0n) is 14.1.